The first-order valence-corrected chi connectivity index (χ1v) is 22.4. The molecular formula is C61H40N6. The van der Waals surface area contributed by atoms with Crippen LogP contribution in [0.25, 0.3) is 118 Å². The van der Waals surface area contributed by atoms with Gasteiger partial charge in [0.15, 0.2) is 17.5 Å². The molecule has 12 rings (SSSR count). The standard InChI is InChI=1S/C61H40N6/c1-6-18-41(19-7-1)45-32-33-56-53(38-45)58-52(30-17-31-57(58)67(56)51-28-14-5-15-29-51)46-26-16-27-47(34-46)60-64-54(44-24-12-4-13-25-44)39-55(65-60)61-63-40-62-59(66-61)50-36-48(42-20-8-2-9-21-42)35-49(37-50)43-22-10-3-11-23-43/h1-40H. The number of fused-ring (bicyclic) bond motifs is 3. The van der Waals surface area contributed by atoms with Gasteiger partial charge in [0.05, 0.1) is 16.7 Å². The Morgan fingerprint density at radius 3 is 1.48 bits per heavy atom. The van der Waals surface area contributed by atoms with Crippen LogP contribution in [-0.4, -0.2) is 29.5 Å². The molecule has 0 aliphatic carbocycles. The van der Waals surface area contributed by atoms with Crippen LogP contribution >= 0.6 is 0 Å². The van der Waals surface area contributed by atoms with Crippen LogP contribution in [-0.2, 0) is 0 Å². The molecule has 0 radical (unpaired) electrons. The van der Waals surface area contributed by atoms with Crippen LogP contribution in [0.2, 0.25) is 0 Å². The predicted molar refractivity (Wildman–Crippen MR) is 273 cm³/mol. The van der Waals surface area contributed by atoms with Gasteiger partial charge in [-0.05, 0) is 105 Å². The van der Waals surface area contributed by atoms with Gasteiger partial charge in [0.25, 0.3) is 0 Å². The van der Waals surface area contributed by atoms with Gasteiger partial charge in [-0.15, -0.1) is 0 Å². The van der Waals surface area contributed by atoms with E-state index in [4.69, 9.17) is 24.9 Å². The van der Waals surface area contributed by atoms with Crippen molar-refractivity contribution in [1.29, 1.82) is 0 Å². The summed E-state index contributed by atoms with van der Waals surface area (Å²) in [5, 5.41) is 2.36. The van der Waals surface area contributed by atoms with Gasteiger partial charge in [-0.1, -0.05) is 176 Å². The molecule has 6 heteroatoms. The van der Waals surface area contributed by atoms with Crippen LogP contribution in [0.4, 0.5) is 0 Å². The van der Waals surface area contributed by atoms with E-state index in [9.17, 15) is 0 Å². The summed E-state index contributed by atoms with van der Waals surface area (Å²) in [6.45, 7) is 0. The summed E-state index contributed by atoms with van der Waals surface area (Å²) in [7, 11) is 0. The molecule has 0 unspecified atom stereocenters. The molecule has 67 heavy (non-hydrogen) atoms. The molecule has 0 atom stereocenters. The fourth-order valence-electron chi connectivity index (χ4n) is 9.16. The average molecular weight is 857 g/mol. The van der Waals surface area contributed by atoms with E-state index >= 15 is 0 Å². The highest BCUT2D eigenvalue weighted by Gasteiger charge is 2.19. The average Bonchev–Trinajstić information content (AvgIpc) is 3.76. The van der Waals surface area contributed by atoms with Crippen LogP contribution < -0.4 is 0 Å². The Balaban J connectivity index is 1.00. The maximum absolute atomic E-state index is 5.23. The lowest BCUT2D eigenvalue weighted by atomic mass is 9.96. The summed E-state index contributed by atoms with van der Waals surface area (Å²) in [4.78, 5) is 25.0. The first-order chi connectivity index (χ1) is 33.2. The molecule has 0 N–H and O–H groups in total. The van der Waals surface area contributed by atoms with Gasteiger partial charge in [-0.2, -0.15) is 0 Å². The molecule has 12 aromatic rings. The van der Waals surface area contributed by atoms with Gasteiger partial charge in [-0.3, -0.25) is 0 Å². The highest BCUT2D eigenvalue weighted by Crippen LogP contribution is 2.41. The highest BCUT2D eigenvalue weighted by atomic mass is 15.0. The van der Waals surface area contributed by atoms with Gasteiger partial charge >= 0.3 is 0 Å². The minimum atomic E-state index is 0.459. The molecular weight excluding hydrogens is 817 g/mol. The lowest BCUT2D eigenvalue weighted by molar-refractivity contribution is 1.04. The number of nitrogens with zero attached hydrogens (tertiary/aromatic N) is 6. The molecule has 0 amide bonds. The van der Waals surface area contributed by atoms with Crippen molar-refractivity contribution >= 4 is 21.8 Å². The Kier molecular flexibility index (Phi) is 10.1. The molecule has 0 bridgehead atoms. The quantitative estimate of drug-likeness (QED) is 0.145. The molecule has 0 saturated carbocycles. The second kappa shape index (κ2) is 17.1. The van der Waals surface area contributed by atoms with Crippen LogP contribution in [0.1, 0.15) is 0 Å². The lowest BCUT2D eigenvalue weighted by Gasteiger charge is -2.12. The molecule has 0 saturated heterocycles. The molecule has 6 nitrogen and oxygen atoms in total. The maximum Gasteiger partial charge on any atom is 0.181 e. The van der Waals surface area contributed by atoms with Crippen LogP contribution in [0.15, 0.2) is 243 Å². The van der Waals surface area contributed by atoms with E-state index in [-0.39, 0.29) is 0 Å². The third-order valence-corrected chi connectivity index (χ3v) is 12.3. The summed E-state index contributed by atoms with van der Waals surface area (Å²) in [5.41, 5.74) is 16.4. The smallest absolute Gasteiger partial charge is 0.181 e. The largest absolute Gasteiger partial charge is 0.309 e. The molecule has 3 heterocycles. The fourth-order valence-corrected chi connectivity index (χ4v) is 9.16. The molecule has 0 aliphatic heterocycles. The number of para-hydroxylation sites is 1. The van der Waals surface area contributed by atoms with E-state index < -0.39 is 0 Å². The van der Waals surface area contributed by atoms with Gasteiger partial charge in [0, 0.05) is 33.2 Å². The van der Waals surface area contributed by atoms with Crippen molar-refractivity contribution in [1.82, 2.24) is 29.5 Å². The Labute approximate surface area is 388 Å². The SMILES string of the molecule is c1ccc(-c2cc(-c3ccccc3)cc(-c3ncnc(-c4cc(-c5ccccc5)nc(-c5cccc(-c6cccc7c6c6cc(-c8ccccc8)ccc6n7-c6ccccc6)c5)n4)n3)c2)cc1. The first-order valence-electron chi connectivity index (χ1n) is 22.4. The van der Waals surface area contributed by atoms with Crippen molar-refractivity contribution in [3.05, 3.63) is 243 Å². The van der Waals surface area contributed by atoms with Crippen LogP contribution in [0.3, 0.4) is 0 Å². The maximum atomic E-state index is 5.23. The molecule has 9 aromatic carbocycles. The summed E-state index contributed by atoms with van der Waals surface area (Å²) in [6, 6.07) is 82.7. The number of rotatable bonds is 9. The van der Waals surface area contributed by atoms with Gasteiger partial charge in [0.1, 0.15) is 12.0 Å². The molecule has 0 spiro atoms. The van der Waals surface area contributed by atoms with Crippen LogP contribution in [0, 0.1) is 0 Å². The normalized spacial score (nSPS) is 11.3. The second-order valence-electron chi connectivity index (χ2n) is 16.5. The Bertz CT molecular complexity index is 3660. The fraction of sp³-hybridized carbons (Fsp3) is 0. The second-order valence-corrected chi connectivity index (χ2v) is 16.5. The number of hydrogen-bond donors (Lipinski definition) is 0. The Hall–Kier alpha value is -9.13. The zero-order valence-electron chi connectivity index (χ0n) is 36.3. The van der Waals surface area contributed by atoms with Crippen molar-refractivity contribution in [3.63, 3.8) is 0 Å². The third kappa shape index (κ3) is 7.62. The minimum absolute atomic E-state index is 0.459. The third-order valence-electron chi connectivity index (χ3n) is 12.3. The number of aromatic nitrogens is 6. The van der Waals surface area contributed by atoms with Gasteiger partial charge < -0.3 is 4.57 Å². The van der Waals surface area contributed by atoms with Crippen molar-refractivity contribution in [2.75, 3.05) is 0 Å². The minimum Gasteiger partial charge on any atom is -0.309 e. The first kappa shape index (κ1) is 39.5. The summed E-state index contributed by atoms with van der Waals surface area (Å²) in [5.74, 6) is 1.59. The Morgan fingerprint density at radius 2 is 0.806 bits per heavy atom. The van der Waals surface area contributed by atoms with Crippen molar-refractivity contribution in [2.45, 2.75) is 0 Å². The van der Waals surface area contributed by atoms with Crippen LogP contribution in [0.5, 0.6) is 0 Å². The lowest BCUT2D eigenvalue weighted by Crippen LogP contribution is -2.01. The van der Waals surface area contributed by atoms with E-state index in [1.165, 1.54) is 21.9 Å². The van der Waals surface area contributed by atoms with E-state index in [1.807, 2.05) is 36.4 Å². The summed E-state index contributed by atoms with van der Waals surface area (Å²) < 4.78 is 2.37. The van der Waals surface area contributed by atoms with Crippen molar-refractivity contribution in [3.8, 4) is 95.7 Å². The predicted octanol–water partition coefficient (Wildman–Crippen LogP) is 15.1. The molecule has 3 aromatic heterocycles. The molecule has 0 fully saturated rings. The van der Waals surface area contributed by atoms with E-state index in [2.05, 4.69) is 205 Å². The Morgan fingerprint density at radius 1 is 0.284 bits per heavy atom. The highest BCUT2D eigenvalue weighted by molar-refractivity contribution is 6.16. The van der Waals surface area contributed by atoms with E-state index in [0.717, 1.165) is 72.5 Å². The molecule has 314 valence electrons. The van der Waals surface area contributed by atoms with E-state index in [1.54, 1.807) is 6.33 Å². The summed E-state index contributed by atoms with van der Waals surface area (Å²) in [6.07, 6.45) is 1.58. The number of benzene rings is 9. The molecule has 0 aliphatic rings. The summed E-state index contributed by atoms with van der Waals surface area (Å²) >= 11 is 0. The van der Waals surface area contributed by atoms with Crippen molar-refractivity contribution < 1.29 is 0 Å². The van der Waals surface area contributed by atoms with Gasteiger partial charge in [0.2, 0.25) is 0 Å². The van der Waals surface area contributed by atoms with E-state index in [0.29, 0.717) is 23.2 Å². The van der Waals surface area contributed by atoms with Crippen molar-refractivity contribution in [2.24, 2.45) is 0 Å². The monoisotopic (exact) mass is 856 g/mol. The van der Waals surface area contributed by atoms with Gasteiger partial charge in [-0.25, -0.2) is 24.9 Å². The number of hydrogen-bond acceptors (Lipinski definition) is 5. The zero-order chi connectivity index (χ0) is 44.5. The topological polar surface area (TPSA) is 69.4 Å². The zero-order valence-corrected chi connectivity index (χ0v) is 36.3.